The predicted octanol–water partition coefficient (Wildman–Crippen LogP) is 4.83. The molecule has 1 saturated carbocycles. The van der Waals surface area contributed by atoms with E-state index in [1.165, 1.54) is 5.56 Å². The Morgan fingerprint density at radius 1 is 1.19 bits per heavy atom. The molecule has 0 spiro atoms. The maximum absolute atomic E-state index is 12.0. The lowest BCUT2D eigenvalue weighted by Crippen LogP contribution is -2.13. The molecule has 1 aliphatic rings. The molecule has 2 aromatic rings. The van der Waals surface area contributed by atoms with Gasteiger partial charge in [-0.3, -0.25) is 14.5 Å². The number of esters is 1. The van der Waals surface area contributed by atoms with Crippen molar-refractivity contribution in [3.63, 3.8) is 0 Å². The molecule has 0 unspecified atom stereocenters. The maximum Gasteiger partial charge on any atom is 0.311 e. The van der Waals surface area contributed by atoms with Gasteiger partial charge in [-0.1, -0.05) is 45.0 Å². The van der Waals surface area contributed by atoms with E-state index in [-0.39, 0.29) is 24.1 Å². The minimum Gasteiger partial charge on any atom is -0.454 e. The zero-order valence-corrected chi connectivity index (χ0v) is 19.7. The van der Waals surface area contributed by atoms with Gasteiger partial charge in [-0.15, -0.1) is 0 Å². The summed E-state index contributed by atoms with van der Waals surface area (Å²) in [5, 5.41) is 4.55. The maximum atomic E-state index is 12.0. The van der Waals surface area contributed by atoms with E-state index in [0.29, 0.717) is 5.76 Å². The Morgan fingerprint density at radius 2 is 1.84 bits per heavy atom. The van der Waals surface area contributed by atoms with Gasteiger partial charge in [-0.25, -0.2) is 0 Å². The first-order chi connectivity index (χ1) is 14.6. The lowest BCUT2D eigenvalue weighted by atomic mass is 9.86. The molecule has 0 saturated heterocycles. The van der Waals surface area contributed by atoms with Crippen LogP contribution < -0.4 is 0 Å². The summed E-state index contributed by atoms with van der Waals surface area (Å²) in [6.07, 6.45) is 3.58. The molecule has 1 fully saturated rings. The average Bonchev–Trinajstić information content (AvgIpc) is 3.52. The molecule has 1 aliphatic carbocycles. The van der Waals surface area contributed by atoms with E-state index in [9.17, 15) is 4.79 Å². The van der Waals surface area contributed by atoms with E-state index in [1.54, 1.807) is 17.9 Å². The highest BCUT2D eigenvalue weighted by molar-refractivity contribution is 6.18. The number of nitrogens with zero attached hydrogens (tertiary/aromatic N) is 3. The second kappa shape index (κ2) is 9.08. The number of aromatic nitrogens is 2. The second-order valence-corrected chi connectivity index (χ2v) is 9.14. The number of hydrogen-bond acceptors (Lipinski definition) is 5. The van der Waals surface area contributed by atoms with Crippen LogP contribution in [0.2, 0.25) is 0 Å². The molecule has 1 heterocycles. The molecule has 0 N–H and O–H groups in total. The zero-order valence-electron chi connectivity index (χ0n) is 19.7. The SMILES string of the molecule is C/N=C\C(=C(\OCOC(=O)C1CC1)c1c(C)c(C)nn1C)c1ccc(C(C)(C)C)cc1. The van der Waals surface area contributed by atoms with Gasteiger partial charge in [0.05, 0.1) is 11.6 Å². The van der Waals surface area contributed by atoms with Gasteiger partial charge in [-0.05, 0) is 43.2 Å². The molecule has 0 bridgehead atoms. The Kier molecular flexibility index (Phi) is 6.68. The first kappa shape index (κ1) is 22.8. The number of allylic oxidation sites excluding steroid dienone is 1. The fourth-order valence-corrected chi connectivity index (χ4v) is 3.48. The molecule has 1 aromatic carbocycles. The number of ether oxygens (including phenoxy) is 2. The molecule has 0 radical (unpaired) electrons. The van der Waals surface area contributed by atoms with Gasteiger partial charge >= 0.3 is 5.97 Å². The average molecular weight is 424 g/mol. The number of aryl methyl sites for hydroxylation is 2. The molecule has 6 nitrogen and oxygen atoms in total. The van der Waals surface area contributed by atoms with Gasteiger partial charge in [0.15, 0.2) is 5.76 Å². The molecular formula is C25H33N3O3. The molecule has 3 rings (SSSR count). The Morgan fingerprint density at radius 3 is 2.32 bits per heavy atom. The summed E-state index contributed by atoms with van der Waals surface area (Å²) in [4.78, 5) is 16.3. The van der Waals surface area contributed by atoms with E-state index in [4.69, 9.17) is 9.47 Å². The standard InChI is InChI=1S/C25H33N3O3/c1-16-17(2)27-28(7)22(16)23(30-15-31-24(29)19-8-9-19)21(14-26-6)18-10-12-20(13-11-18)25(3,4)5/h10-14,19H,8-9,15H2,1-7H3/b23-21-,26-14-. The van der Waals surface area contributed by atoms with Gasteiger partial charge in [0, 0.05) is 31.4 Å². The number of aliphatic imine (C=N–C) groups is 1. The van der Waals surface area contributed by atoms with E-state index in [0.717, 1.165) is 40.9 Å². The Bertz CT molecular complexity index is 1000. The van der Waals surface area contributed by atoms with E-state index < -0.39 is 0 Å². The highest BCUT2D eigenvalue weighted by Gasteiger charge is 2.31. The topological polar surface area (TPSA) is 65.7 Å². The summed E-state index contributed by atoms with van der Waals surface area (Å²) in [5.74, 6) is 0.425. The first-order valence-electron chi connectivity index (χ1n) is 10.7. The van der Waals surface area contributed by atoms with Crippen molar-refractivity contribution in [3.8, 4) is 0 Å². The van der Waals surface area contributed by atoms with E-state index in [2.05, 4.69) is 55.1 Å². The summed E-state index contributed by atoms with van der Waals surface area (Å²) in [6.45, 7) is 10.4. The van der Waals surface area contributed by atoms with Crippen LogP contribution in [0.25, 0.3) is 11.3 Å². The summed E-state index contributed by atoms with van der Waals surface area (Å²) < 4.78 is 13.3. The second-order valence-electron chi connectivity index (χ2n) is 9.14. The molecule has 0 aliphatic heterocycles. The van der Waals surface area contributed by atoms with Gasteiger partial charge in [0.1, 0.15) is 5.69 Å². The summed E-state index contributed by atoms with van der Waals surface area (Å²) in [5.41, 5.74) is 5.88. The van der Waals surface area contributed by atoms with Gasteiger partial charge in [0.25, 0.3) is 0 Å². The van der Waals surface area contributed by atoms with Crippen molar-refractivity contribution in [3.05, 3.63) is 52.3 Å². The molecule has 1 aromatic heterocycles. The molecular weight excluding hydrogens is 390 g/mol. The third kappa shape index (κ3) is 5.24. The van der Waals surface area contributed by atoms with Crippen molar-refractivity contribution in [2.24, 2.45) is 18.0 Å². The lowest BCUT2D eigenvalue weighted by Gasteiger charge is -2.20. The van der Waals surface area contributed by atoms with Crippen LogP contribution >= 0.6 is 0 Å². The first-order valence-corrected chi connectivity index (χ1v) is 10.7. The predicted molar refractivity (Wildman–Crippen MR) is 124 cm³/mol. The highest BCUT2D eigenvalue weighted by Crippen LogP contribution is 2.33. The van der Waals surface area contributed by atoms with Crippen molar-refractivity contribution < 1.29 is 14.3 Å². The highest BCUT2D eigenvalue weighted by atomic mass is 16.7. The van der Waals surface area contributed by atoms with Crippen molar-refractivity contribution in [2.75, 3.05) is 13.8 Å². The lowest BCUT2D eigenvalue weighted by molar-refractivity contribution is -0.153. The normalized spacial score (nSPS) is 15.2. The Hall–Kier alpha value is -2.89. The van der Waals surface area contributed by atoms with Crippen LogP contribution in [0, 0.1) is 19.8 Å². The fourth-order valence-electron chi connectivity index (χ4n) is 3.48. The largest absolute Gasteiger partial charge is 0.454 e. The van der Waals surface area contributed by atoms with Gasteiger partial charge in [0.2, 0.25) is 6.79 Å². The number of carbonyl (C=O) groups excluding carboxylic acids is 1. The number of carbonyl (C=O) groups is 1. The number of benzene rings is 1. The van der Waals surface area contributed by atoms with Crippen molar-refractivity contribution >= 4 is 23.5 Å². The summed E-state index contributed by atoms with van der Waals surface area (Å²) in [7, 11) is 3.62. The van der Waals surface area contributed by atoms with Crippen LogP contribution in [-0.2, 0) is 26.7 Å². The van der Waals surface area contributed by atoms with Crippen molar-refractivity contribution in [1.82, 2.24) is 9.78 Å². The van der Waals surface area contributed by atoms with Crippen molar-refractivity contribution in [2.45, 2.75) is 52.9 Å². The Labute approximate surface area is 185 Å². The molecule has 6 heteroatoms. The van der Waals surface area contributed by atoms with Crippen LogP contribution in [-0.4, -0.2) is 35.8 Å². The smallest absolute Gasteiger partial charge is 0.311 e. The zero-order chi connectivity index (χ0) is 22.8. The van der Waals surface area contributed by atoms with Gasteiger partial charge < -0.3 is 9.47 Å². The molecule has 31 heavy (non-hydrogen) atoms. The summed E-state index contributed by atoms with van der Waals surface area (Å²) >= 11 is 0. The van der Waals surface area contributed by atoms with Crippen LogP contribution in [0.4, 0.5) is 0 Å². The van der Waals surface area contributed by atoms with Crippen LogP contribution in [0.3, 0.4) is 0 Å². The van der Waals surface area contributed by atoms with Crippen molar-refractivity contribution in [1.29, 1.82) is 0 Å². The Balaban J connectivity index is 2.05. The van der Waals surface area contributed by atoms with Crippen LogP contribution in [0.5, 0.6) is 0 Å². The summed E-state index contributed by atoms with van der Waals surface area (Å²) in [6, 6.07) is 8.42. The minimum atomic E-state index is -0.197. The third-order valence-electron chi connectivity index (χ3n) is 5.62. The molecule has 0 atom stereocenters. The quantitative estimate of drug-likeness (QED) is 0.277. The fraction of sp³-hybridized carbons (Fsp3) is 0.480. The number of hydrogen-bond donors (Lipinski definition) is 0. The molecule has 0 amide bonds. The van der Waals surface area contributed by atoms with E-state index >= 15 is 0 Å². The molecule has 166 valence electrons. The monoisotopic (exact) mass is 423 g/mol. The minimum absolute atomic E-state index is 0.0262. The van der Waals surface area contributed by atoms with E-state index in [1.807, 2.05) is 20.9 Å². The van der Waals surface area contributed by atoms with Gasteiger partial charge in [-0.2, -0.15) is 5.10 Å². The van der Waals surface area contributed by atoms with Crippen LogP contribution in [0.15, 0.2) is 29.3 Å². The van der Waals surface area contributed by atoms with Crippen LogP contribution in [0.1, 0.15) is 61.7 Å². The number of rotatable bonds is 7. The third-order valence-corrected chi connectivity index (χ3v) is 5.62.